The van der Waals surface area contributed by atoms with Crippen LogP contribution in [-0.2, 0) is 12.5 Å². The molecule has 2 aromatic heterocycles. The van der Waals surface area contributed by atoms with Crippen LogP contribution in [0.5, 0.6) is 11.5 Å². The molecule has 1 atom stereocenters. The number of aromatic nitrogens is 3. The lowest BCUT2D eigenvalue weighted by Crippen LogP contribution is -2.47. The van der Waals surface area contributed by atoms with Gasteiger partial charge in [0.15, 0.2) is 0 Å². The fourth-order valence-electron chi connectivity index (χ4n) is 4.69. The standard InChI is InChI=1S/C29H24F2N6O4/c1-17-16-36-26(24(15-34-36)35-27(38)18-4-9-25(41-3)19(10-18)12-32)28(39)37(17)22-7-5-20(6-8-22)29(30,31)21-11-23(40-2)14-33-13-21/h4-11,13-15,17H,16H2,1-3H3,(H,35,38)/t17-/m0/s1. The van der Waals surface area contributed by atoms with E-state index in [1.165, 1.54) is 84.7 Å². The molecule has 0 spiro atoms. The quantitative estimate of drug-likeness (QED) is 0.352. The normalized spacial score (nSPS) is 14.7. The van der Waals surface area contributed by atoms with E-state index in [0.717, 1.165) is 6.20 Å². The molecule has 1 aliphatic heterocycles. The summed E-state index contributed by atoms with van der Waals surface area (Å²) in [6.07, 6.45) is 3.80. The van der Waals surface area contributed by atoms with Crippen LogP contribution in [0.3, 0.4) is 0 Å². The first-order valence-corrected chi connectivity index (χ1v) is 12.4. The van der Waals surface area contributed by atoms with Gasteiger partial charge in [-0.05, 0) is 43.3 Å². The Labute approximate surface area is 233 Å². The molecule has 0 aliphatic carbocycles. The number of hydrogen-bond donors (Lipinski definition) is 1. The highest BCUT2D eigenvalue weighted by Gasteiger charge is 2.37. The second-order valence-corrected chi connectivity index (χ2v) is 9.33. The Bertz CT molecular complexity index is 1680. The third-order valence-electron chi connectivity index (χ3n) is 6.79. The number of benzene rings is 2. The van der Waals surface area contributed by atoms with Crippen molar-refractivity contribution in [2.75, 3.05) is 24.4 Å². The van der Waals surface area contributed by atoms with Gasteiger partial charge in [-0.15, -0.1) is 0 Å². The van der Waals surface area contributed by atoms with Crippen molar-refractivity contribution >= 4 is 23.2 Å². The number of methoxy groups -OCH3 is 2. The number of alkyl halides is 2. The van der Waals surface area contributed by atoms with Crippen LogP contribution >= 0.6 is 0 Å². The minimum absolute atomic E-state index is 0.141. The summed E-state index contributed by atoms with van der Waals surface area (Å²) in [5.41, 5.74) is 0.507. The van der Waals surface area contributed by atoms with Gasteiger partial charge in [-0.1, -0.05) is 12.1 Å². The highest BCUT2D eigenvalue weighted by atomic mass is 19.3. The average Bonchev–Trinajstić information content (AvgIpc) is 3.39. The zero-order valence-electron chi connectivity index (χ0n) is 22.3. The van der Waals surface area contributed by atoms with E-state index < -0.39 is 17.7 Å². The predicted molar refractivity (Wildman–Crippen MR) is 144 cm³/mol. The lowest BCUT2D eigenvalue weighted by atomic mass is 10.0. The smallest absolute Gasteiger partial charge is 0.300 e. The van der Waals surface area contributed by atoms with Crippen molar-refractivity contribution < 1.29 is 27.8 Å². The van der Waals surface area contributed by atoms with Crippen molar-refractivity contribution in [3.05, 3.63) is 95.1 Å². The van der Waals surface area contributed by atoms with Crippen LogP contribution in [0.15, 0.2) is 67.1 Å². The summed E-state index contributed by atoms with van der Waals surface area (Å²) in [5, 5.41) is 16.3. The third kappa shape index (κ3) is 4.93. The summed E-state index contributed by atoms with van der Waals surface area (Å²) in [7, 11) is 2.79. The number of nitriles is 1. The van der Waals surface area contributed by atoms with Gasteiger partial charge in [-0.2, -0.15) is 19.1 Å². The molecule has 0 bridgehead atoms. The molecule has 5 rings (SSSR count). The highest BCUT2D eigenvalue weighted by molar-refractivity contribution is 6.13. The lowest BCUT2D eigenvalue weighted by molar-refractivity contribution is 0.0422. The Morgan fingerprint density at radius 1 is 1.07 bits per heavy atom. The Hall–Kier alpha value is -5.31. The molecule has 12 heteroatoms. The number of fused-ring (bicyclic) bond motifs is 1. The third-order valence-corrected chi connectivity index (χ3v) is 6.79. The first kappa shape index (κ1) is 27.3. The molecule has 4 aromatic rings. The average molecular weight is 559 g/mol. The van der Waals surface area contributed by atoms with Gasteiger partial charge in [0.1, 0.15) is 23.3 Å². The second-order valence-electron chi connectivity index (χ2n) is 9.33. The van der Waals surface area contributed by atoms with Crippen LogP contribution < -0.4 is 19.7 Å². The number of nitrogens with zero attached hydrogens (tertiary/aromatic N) is 5. The molecule has 1 N–H and O–H groups in total. The van der Waals surface area contributed by atoms with Gasteiger partial charge in [0, 0.05) is 28.6 Å². The van der Waals surface area contributed by atoms with Gasteiger partial charge >= 0.3 is 0 Å². The van der Waals surface area contributed by atoms with Crippen molar-refractivity contribution in [1.29, 1.82) is 5.26 Å². The summed E-state index contributed by atoms with van der Waals surface area (Å²) < 4.78 is 42.1. The van der Waals surface area contributed by atoms with E-state index in [4.69, 9.17) is 9.47 Å². The lowest BCUT2D eigenvalue weighted by Gasteiger charge is -2.34. The number of ether oxygens (including phenoxy) is 2. The highest BCUT2D eigenvalue weighted by Crippen LogP contribution is 2.38. The first-order valence-electron chi connectivity index (χ1n) is 12.4. The zero-order chi connectivity index (χ0) is 29.3. The number of amides is 2. The summed E-state index contributed by atoms with van der Waals surface area (Å²) in [5.74, 6) is -3.81. The largest absolute Gasteiger partial charge is 0.495 e. The molecule has 0 radical (unpaired) electrons. The molecule has 0 unspecified atom stereocenters. The minimum Gasteiger partial charge on any atom is -0.495 e. The number of hydrogen-bond acceptors (Lipinski definition) is 7. The van der Waals surface area contributed by atoms with Crippen LogP contribution in [0.4, 0.5) is 20.2 Å². The molecule has 0 saturated heterocycles. The van der Waals surface area contributed by atoms with Crippen LogP contribution in [0.25, 0.3) is 0 Å². The molecule has 2 aromatic carbocycles. The molecule has 0 fully saturated rings. The van der Waals surface area contributed by atoms with Crippen LogP contribution in [0.1, 0.15) is 44.5 Å². The summed E-state index contributed by atoms with van der Waals surface area (Å²) in [4.78, 5) is 31.9. The van der Waals surface area contributed by atoms with Crippen LogP contribution in [0.2, 0.25) is 0 Å². The van der Waals surface area contributed by atoms with E-state index in [1.807, 2.05) is 13.0 Å². The number of carbonyl (C=O) groups excluding carboxylic acids is 2. The van der Waals surface area contributed by atoms with E-state index >= 15 is 8.78 Å². The van der Waals surface area contributed by atoms with Crippen molar-refractivity contribution in [3.8, 4) is 17.6 Å². The van der Waals surface area contributed by atoms with E-state index in [1.54, 1.807) is 0 Å². The minimum atomic E-state index is -3.35. The van der Waals surface area contributed by atoms with Crippen molar-refractivity contribution in [2.45, 2.75) is 25.4 Å². The molecule has 2 amide bonds. The number of rotatable bonds is 7. The van der Waals surface area contributed by atoms with Gasteiger partial charge in [-0.25, -0.2) is 0 Å². The molecular formula is C29H24F2N6O4. The van der Waals surface area contributed by atoms with E-state index in [2.05, 4.69) is 15.4 Å². The first-order chi connectivity index (χ1) is 19.7. The number of halogens is 2. The maximum atomic E-state index is 15.2. The Morgan fingerprint density at radius 3 is 2.51 bits per heavy atom. The molecule has 3 heterocycles. The number of anilines is 2. The number of carbonyl (C=O) groups is 2. The number of nitrogens with one attached hydrogen (secondary N) is 1. The van der Waals surface area contributed by atoms with Gasteiger partial charge in [0.2, 0.25) is 0 Å². The fraction of sp³-hybridized carbons (Fsp3) is 0.207. The molecule has 10 nitrogen and oxygen atoms in total. The molecule has 208 valence electrons. The molecule has 41 heavy (non-hydrogen) atoms. The second kappa shape index (κ2) is 10.7. The molecule has 1 aliphatic rings. The van der Waals surface area contributed by atoms with Crippen LogP contribution in [0, 0.1) is 11.3 Å². The Morgan fingerprint density at radius 2 is 1.83 bits per heavy atom. The number of pyridine rings is 1. The molecular weight excluding hydrogens is 534 g/mol. The van der Waals surface area contributed by atoms with Crippen molar-refractivity contribution in [2.24, 2.45) is 0 Å². The van der Waals surface area contributed by atoms with Gasteiger partial charge in [-0.3, -0.25) is 19.3 Å². The SMILES string of the molecule is COc1cncc(C(F)(F)c2ccc(N3C(=O)c4c(NC(=O)c5ccc(OC)c(C#N)c5)cnn4C[C@@H]3C)cc2)c1. The fourth-order valence-corrected chi connectivity index (χ4v) is 4.69. The topological polar surface area (TPSA) is 122 Å². The van der Waals surface area contributed by atoms with Gasteiger partial charge in [0.25, 0.3) is 17.7 Å². The maximum Gasteiger partial charge on any atom is 0.300 e. The maximum absolute atomic E-state index is 15.2. The summed E-state index contributed by atoms with van der Waals surface area (Å²) in [6, 6.07) is 12.7. The van der Waals surface area contributed by atoms with Crippen molar-refractivity contribution in [1.82, 2.24) is 14.8 Å². The Balaban J connectivity index is 1.40. The summed E-state index contributed by atoms with van der Waals surface area (Å²) in [6.45, 7) is 2.12. The van der Waals surface area contributed by atoms with Gasteiger partial charge in [0.05, 0.1) is 50.5 Å². The van der Waals surface area contributed by atoms with E-state index in [-0.39, 0.29) is 45.4 Å². The van der Waals surface area contributed by atoms with Gasteiger partial charge < -0.3 is 19.7 Å². The Kier molecular flexibility index (Phi) is 7.11. The van der Waals surface area contributed by atoms with E-state index in [0.29, 0.717) is 18.0 Å². The van der Waals surface area contributed by atoms with Crippen molar-refractivity contribution in [3.63, 3.8) is 0 Å². The summed E-state index contributed by atoms with van der Waals surface area (Å²) >= 11 is 0. The predicted octanol–water partition coefficient (Wildman–Crippen LogP) is 4.61. The zero-order valence-corrected chi connectivity index (χ0v) is 22.3. The molecule has 0 saturated carbocycles. The van der Waals surface area contributed by atoms with Crippen LogP contribution in [-0.4, -0.2) is 46.8 Å². The van der Waals surface area contributed by atoms with E-state index in [9.17, 15) is 14.9 Å². The monoisotopic (exact) mass is 558 g/mol.